The summed E-state index contributed by atoms with van der Waals surface area (Å²) in [5.41, 5.74) is 1.89. The number of rotatable bonds is 3. The van der Waals surface area contributed by atoms with Crippen molar-refractivity contribution >= 4 is 17.6 Å². The van der Waals surface area contributed by atoms with Gasteiger partial charge in [0.25, 0.3) is 0 Å². The van der Waals surface area contributed by atoms with Crippen molar-refractivity contribution in [1.82, 2.24) is 9.97 Å². The Hall–Kier alpha value is -1.94. The molecule has 0 bridgehead atoms. The molecule has 18 heavy (non-hydrogen) atoms. The second kappa shape index (κ2) is 5.14. The smallest absolute Gasteiger partial charge is 0.309 e. The highest BCUT2D eigenvalue weighted by atomic mass is 35.5. The number of benzene rings is 1. The van der Waals surface area contributed by atoms with Crippen LogP contribution in [0.4, 0.5) is 0 Å². The summed E-state index contributed by atoms with van der Waals surface area (Å²) < 4.78 is 0. The minimum absolute atomic E-state index is 0.124. The fourth-order valence-corrected chi connectivity index (χ4v) is 1.91. The number of aliphatic carboxylic acids is 1. The quantitative estimate of drug-likeness (QED) is 0.924. The Labute approximate surface area is 109 Å². The van der Waals surface area contributed by atoms with Crippen molar-refractivity contribution in [2.45, 2.75) is 13.3 Å². The molecular weight excluding hydrogens is 252 g/mol. The van der Waals surface area contributed by atoms with Gasteiger partial charge < -0.3 is 5.11 Å². The largest absolute Gasteiger partial charge is 0.481 e. The molecule has 1 aromatic carbocycles. The molecule has 0 aliphatic carbocycles. The summed E-state index contributed by atoms with van der Waals surface area (Å²) in [6.45, 7) is 1.73. The SMILES string of the molecule is Cc1nc(CC(=O)O)cc(-c2ccccc2Cl)n1. The summed E-state index contributed by atoms with van der Waals surface area (Å²) in [4.78, 5) is 19.1. The number of nitrogens with zero attached hydrogens (tertiary/aromatic N) is 2. The monoisotopic (exact) mass is 262 g/mol. The van der Waals surface area contributed by atoms with Crippen molar-refractivity contribution in [3.8, 4) is 11.3 Å². The van der Waals surface area contributed by atoms with E-state index >= 15 is 0 Å². The number of carboxylic acids is 1. The molecule has 0 aliphatic heterocycles. The number of hydrogen-bond donors (Lipinski definition) is 1. The highest BCUT2D eigenvalue weighted by molar-refractivity contribution is 6.33. The third-order valence-corrected chi connectivity index (χ3v) is 2.70. The van der Waals surface area contributed by atoms with E-state index in [-0.39, 0.29) is 6.42 Å². The molecule has 1 heterocycles. The van der Waals surface area contributed by atoms with Crippen LogP contribution in [0.15, 0.2) is 30.3 Å². The van der Waals surface area contributed by atoms with Crippen LogP contribution in [0.1, 0.15) is 11.5 Å². The van der Waals surface area contributed by atoms with Crippen LogP contribution in [0, 0.1) is 6.92 Å². The first-order chi connectivity index (χ1) is 8.56. The lowest BCUT2D eigenvalue weighted by atomic mass is 10.1. The molecule has 0 unspecified atom stereocenters. The van der Waals surface area contributed by atoms with Gasteiger partial charge in [-0.05, 0) is 19.1 Å². The summed E-state index contributed by atoms with van der Waals surface area (Å²) in [5.74, 6) is -0.387. The first kappa shape index (κ1) is 12.5. The maximum Gasteiger partial charge on any atom is 0.309 e. The van der Waals surface area contributed by atoms with Gasteiger partial charge in [-0.2, -0.15) is 0 Å². The third-order valence-electron chi connectivity index (χ3n) is 2.37. The van der Waals surface area contributed by atoms with Crippen molar-refractivity contribution in [3.63, 3.8) is 0 Å². The zero-order valence-corrected chi connectivity index (χ0v) is 10.5. The molecule has 0 fully saturated rings. The molecule has 0 radical (unpaired) electrons. The first-order valence-electron chi connectivity index (χ1n) is 5.37. The number of aryl methyl sites for hydroxylation is 1. The van der Waals surface area contributed by atoms with Gasteiger partial charge in [0.15, 0.2) is 0 Å². The summed E-state index contributed by atoms with van der Waals surface area (Å²) in [5, 5.41) is 9.37. The molecule has 0 atom stereocenters. The van der Waals surface area contributed by atoms with E-state index < -0.39 is 5.97 Å². The van der Waals surface area contributed by atoms with Crippen molar-refractivity contribution < 1.29 is 9.90 Å². The number of carbonyl (C=O) groups is 1. The summed E-state index contributed by atoms with van der Waals surface area (Å²) in [7, 11) is 0. The van der Waals surface area contributed by atoms with E-state index in [0.29, 0.717) is 22.2 Å². The molecular formula is C13H11ClN2O2. The van der Waals surface area contributed by atoms with Crippen molar-refractivity contribution in [2.75, 3.05) is 0 Å². The van der Waals surface area contributed by atoms with E-state index in [9.17, 15) is 4.79 Å². The van der Waals surface area contributed by atoms with Gasteiger partial charge in [0.2, 0.25) is 0 Å². The number of aromatic nitrogens is 2. The second-order valence-electron chi connectivity index (χ2n) is 3.84. The van der Waals surface area contributed by atoms with Gasteiger partial charge >= 0.3 is 5.97 Å². The van der Waals surface area contributed by atoms with Gasteiger partial charge in [-0.25, -0.2) is 9.97 Å². The standard InChI is InChI=1S/C13H11ClN2O2/c1-8-15-9(7-13(17)18)6-12(16-8)10-4-2-3-5-11(10)14/h2-6H,7H2,1H3,(H,17,18). The Bertz CT molecular complexity index is 599. The van der Waals surface area contributed by atoms with Gasteiger partial charge in [0.05, 0.1) is 17.8 Å². The average Bonchev–Trinajstić information content (AvgIpc) is 2.27. The molecule has 1 N–H and O–H groups in total. The van der Waals surface area contributed by atoms with Crippen molar-refractivity contribution in [3.05, 3.63) is 46.9 Å². The fourth-order valence-electron chi connectivity index (χ4n) is 1.68. The van der Waals surface area contributed by atoms with Gasteiger partial charge in [0, 0.05) is 10.6 Å². The van der Waals surface area contributed by atoms with E-state index in [0.717, 1.165) is 5.56 Å². The predicted octanol–water partition coefficient (Wildman–Crippen LogP) is 2.73. The zero-order valence-electron chi connectivity index (χ0n) is 9.72. The molecule has 2 aromatic rings. The van der Waals surface area contributed by atoms with Crippen molar-refractivity contribution in [2.24, 2.45) is 0 Å². The van der Waals surface area contributed by atoms with E-state index in [1.54, 1.807) is 19.1 Å². The maximum absolute atomic E-state index is 10.7. The summed E-state index contributed by atoms with van der Waals surface area (Å²) in [6, 6.07) is 8.95. The van der Waals surface area contributed by atoms with Gasteiger partial charge in [-0.3, -0.25) is 4.79 Å². The topological polar surface area (TPSA) is 63.1 Å². The van der Waals surface area contributed by atoms with E-state index in [2.05, 4.69) is 9.97 Å². The number of halogens is 1. The number of hydrogen-bond acceptors (Lipinski definition) is 3. The van der Waals surface area contributed by atoms with E-state index in [1.165, 1.54) is 0 Å². The molecule has 5 heteroatoms. The normalized spacial score (nSPS) is 10.3. The molecule has 0 spiro atoms. The minimum Gasteiger partial charge on any atom is -0.481 e. The van der Waals surface area contributed by atoms with E-state index in [4.69, 9.17) is 16.7 Å². The van der Waals surface area contributed by atoms with Gasteiger partial charge in [-0.1, -0.05) is 29.8 Å². The Kier molecular flexibility index (Phi) is 3.58. The van der Waals surface area contributed by atoms with Crippen LogP contribution >= 0.6 is 11.6 Å². The van der Waals surface area contributed by atoms with Gasteiger partial charge in [0.1, 0.15) is 5.82 Å². The lowest BCUT2D eigenvalue weighted by Gasteiger charge is -2.06. The molecule has 4 nitrogen and oxygen atoms in total. The van der Waals surface area contributed by atoms with E-state index in [1.807, 2.05) is 18.2 Å². The maximum atomic E-state index is 10.7. The molecule has 0 saturated carbocycles. The Morgan fingerprint density at radius 2 is 2.06 bits per heavy atom. The Balaban J connectivity index is 2.48. The van der Waals surface area contributed by atoms with Crippen LogP contribution < -0.4 is 0 Å². The van der Waals surface area contributed by atoms with Crippen LogP contribution in [-0.2, 0) is 11.2 Å². The number of carboxylic acid groups (broad SMARTS) is 1. The third kappa shape index (κ3) is 2.84. The molecule has 2 rings (SSSR count). The second-order valence-corrected chi connectivity index (χ2v) is 4.25. The van der Waals surface area contributed by atoms with Crippen LogP contribution in [0.2, 0.25) is 5.02 Å². The Morgan fingerprint density at radius 1 is 1.33 bits per heavy atom. The lowest BCUT2D eigenvalue weighted by molar-refractivity contribution is -0.136. The van der Waals surface area contributed by atoms with Gasteiger partial charge in [-0.15, -0.1) is 0 Å². The summed E-state index contributed by atoms with van der Waals surface area (Å²) >= 11 is 6.09. The van der Waals surface area contributed by atoms with Crippen LogP contribution in [0.3, 0.4) is 0 Å². The van der Waals surface area contributed by atoms with Crippen LogP contribution in [-0.4, -0.2) is 21.0 Å². The van der Waals surface area contributed by atoms with Crippen LogP contribution in [0.25, 0.3) is 11.3 Å². The Morgan fingerprint density at radius 3 is 2.72 bits per heavy atom. The average molecular weight is 263 g/mol. The highest BCUT2D eigenvalue weighted by Crippen LogP contribution is 2.26. The first-order valence-corrected chi connectivity index (χ1v) is 5.75. The minimum atomic E-state index is -0.918. The molecule has 1 aromatic heterocycles. The van der Waals surface area contributed by atoms with Crippen LogP contribution in [0.5, 0.6) is 0 Å². The fraction of sp³-hybridized carbons (Fsp3) is 0.154. The summed E-state index contributed by atoms with van der Waals surface area (Å²) in [6.07, 6.45) is -0.124. The van der Waals surface area contributed by atoms with Crippen molar-refractivity contribution in [1.29, 1.82) is 0 Å². The lowest BCUT2D eigenvalue weighted by Crippen LogP contribution is -2.05. The molecule has 0 saturated heterocycles. The highest BCUT2D eigenvalue weighted by Gasteiger charge is 2.09. The molecule has 0 aliphatic rings. The predicted molar refractivity (Wildman–Crippen MR) is 68.6 cm³/mol. The molecule has 0 amide bonds. The zero-order chi connectivity index (χ0) is 13.1. The molecule has 92 valence electrons.